The molecule has 0 atom stereocenters. The lowest BCUT2D eigenvalue weighted by molar-refractivity contribution is -0.132. The van der Waals surface area contributed by atoms with Gasteiger partial charge in [0.25, 0.3) is 17.7 Å². The van der Waals surface area contributed by atoms with Crippen molar-refractivity contribution in [2.75, 3.05) is 19.6 Å². The number of rotatable bonds is 6. The van der Waals surface area contributed by atoms with Crippen LogP contribution in [0.2, 0.25) is 0 Å². The summed E-state index contributed by atoms with van der Waals surface area (Å²) >= 11 is 0. The monoisotopic (exact) mass is 420 g/mol. The van der Waals surface area contributed by atoms with Gasteiger partial charge in [-0.15, -0.1) is 0 Å². The van der Waals surface area contributed by atoms with Crippen LogP contribution in [0.3, 0.4) is 0 Å². The van der Waals surface area contributed by atoms with Gasteiger partial charge in [-0.3, -0.25) is 29.1 Å². The maximum atomic E-state index is 12.5. The van der Waals surface area contributed by atoms with Gasteiger partial charge < -0.3 is 10.2 Å². The van der Waals surface area contributed by atoms with Gasteiger partial charge in [0.15, 0.2) is 0 Å². The molecule has 1 saturated heterocycles. The van der Waals surface area contributed by atoms with Crippen molar-refractivity contribution >= 4 is 23.6 Å². The third kappa shape index (κ3) is 4.47. The van der Waals surface area contributed by atoms with Crippen molar-refractivity contribution in [1.82, 2.24) is 20.1 Å². The second-order valence-corrected chi connectivity index (χ2v) is 7.75. The molecule has 0 aliphatic carbocycles. The number of fused-ring (bicyclic) bond motifs is 1. The Labute approximate surface area is 180 Å². The Hall–Kier alpha value is -3.55. The minimum atomic E-state index is -0.294. The van der Waals surface area contributed by atoms with Crippen LogP contribution >= 0.6 is 0 Å². The van der Waals surface area contributed by atoms with Crippen molar-refractivity contribution in [3.8, 4) is 0 Å². The molecule has 0 saturated carbocycles. The lowest BCUT2D eigenvalue weighted by Gasteiger charge is -2.32. The van der Waals surface area contributed by atoms with Crippen LogP contribution in [0.15, 0.2) is 48.7 Å². The summed E-state index contributed by atoms with van der Waals surface area (Å²) in [7, 11) is 0. The molecule has 31 heavy (non-hydrogen) atoms. The summed E-state index contributed by atoms with van der Waals surface area (Å²) in [6, 6.07) is 12.0. The van der Waals surface area contributed by atoms with Crippen molar-refractivity contribution < 1.29 is 19.2 Å². The number of nitrogens with one attached hydrogen (secondary N) is 1. The van der Waals surface area contributed by atoms with E-state index in [4.69, 9.17) is 0 Å². The summed E-state index contributed by atoms with van der Waals surface area (Å²) in [5.41, 5.74) is 1.23. The van der Waals surface area contributed by atoms with E-state index in [1.807, 2.05) is 0 Å². The van der Waals surface area contributed by atoms with Gasteiger partial charge >= 0.3 is 0 Å². The first-order valence-corrected chi connectivity index (χ1v) is 10.5. The molecular weight excluding hydrogens is 396 g/mol. The van der Waals surface area contributed by atoms with Crippen LogP contribution in [0.1, 0.15) is 56.9 Å². The fourth-order valence-corrected chi connectivity index (χ4v) is 4.02. The summed E-state index contributed by atoms with van der Waals surface area (Å²) in [5.74, 6) is -0.785. The molecule has 1 fully saturated rings. The van der Waals surface area contributed by atoms with Gasteiger partial charge in [-0.1, -0.05) is 18.2 Å². The number of aromatic nitrogens is 1. The Morgan fingerprint density at radius 1 is 0.968 bits per heavy atom. The molecule has 0 bridgehead atoms. The number of imide groups is 1. The van der Waals surface area contributed by atoms with Crippen LogP contribution in [-0.4, -0.2) is 64.1 Å². The molecule has 1 aromatic heterocycles. The van der Waals surface area contributed by atoms with Gasteiger partial charge in [-0.25, -0.2) is 0 Å². The second kappa shape index (κ2) is 9.07. The number of hydrogen-bond donors (Lipinski definition) is 1. The SMILES string of the molecule is O=C(NC1CCN(C(=O)CCCN2C(=O)c3ccccc3C2=O)CC1)c1ccccn1. The molecule has 2 aromatic rings. The van der Waals surface area contributed by atoms with E-state index in [-0.39, 0.29) is 42.6 Å². The minimum absolute atomic E-state index is 0.00566. The molecule has 1 N–H and O–H groups in total. The highest BCUT2D eigenvalue weighted by Crippen LogP contribution is 2.23. The first kappa shape index (κ1) is 20.7. The molecule has 3 heterocycles. The Bertz CT molecular complexity index is 965. The number of benzene rings is 1. The van der Waals surface area contributed by atoms with Crippen LogP contribution in [0, 0.1) is 0 Å². The van der Waals surface area contributed by atoms with Crippen LogP contribution in [0.4, 0.5) is 0 Å². The summed E-state index contributed by atoms with van der Waals surface area (Å²) in [4.78, 5) is 56.6. The zero-order chi connectivity index (χ0) is 21.8. The zero-order valence-electron chi connectivity index (χ0n) is 17.1. The Morgan fingerprint density at radius 3 is 2.23 bits per heavy atom. The molecule has 4 amide bonds. The fourth-order valence-electron chi connectivity index (χ4n) is 4.02. The third-order valence-corrected chi connectivity index (χ3v) is 5.73. The highest BCUT2D eigenvalue weighted by molar-refractivity contribution is 6.21. The maximum Gasteiger partial charge on any atom is 0.270 e. The van der Waals surface area contributed by atoms with Crippen molar-refractivity contribution in [3.63, 3.8) is 0 Å². The van der Waals surface area contributed by atoms with E-state index in [1.54, 1.807) is 53.6 Å². The van der Waals surface area contributed by atoms with Crippen molar-refractivity contribution in [2.24, 2.45) is 0 Å². The maximum absolute atomic E-state index is 12.5. The zero-order valence-corrected chi connectivity index (χ0v) is 17.1. The van der Waals surface area contributed by atoms with E-state index in [0.29, 0.717) is 49.2 Å². The lowest BCUT2D eigenvalue weighted by atomic mass is 10.0. The molecule has 0 spiro atoms. The summed E-state index contributed by atoms with van der Waals surface area (Å²) in [6.45, 7) is 1.37. The molecule has 4 rings (SSSR count). The van der Waals surface area contributed by atoms with E-state index in [0.717, 1.165) is 0 Å². The summed E-state index contributed by atoms with van der Waals surface area (Å²) in [6.07, 6.45) is 3.66. The average Bonchev–Trinajstić information content (AvgIpc) is 3.05. The van der Waals surface area contributed by atoms with Crippen LogP contribution in [-0.2, 0) is 4.79 Å². The number of hydrogen-bond acceptors (Lipinski definition) is 5. The molecule has 160 valence electrons. The van der Waals surface area contributed by atoms with Crippen molar-refractivity contribution in [3.05, 3.63) is 65.5 Å². The predicted octanol–water partition coefficient (Wildman–Crippen LogP) is 1.88. The molecule has 8 nitrogen and oxygen atoms in total. The molecule has 0 radical (unpaired) electrons. The normalized spacial score (nSPS) is 16.4. The highest BCUT2D eigenvalue weighted by atomic mass is 16.2. The average molecular weight is 420 g/mol. The lowest BCUT2D eigenvalue weighted by Crippen LogP contribution is -2.46. The van der Waals surface area contributed by atoms with Gasteiger partial charge in [-0.2, -0.15) is 0 Å². The van der Waals surface area contributed by atoms with Crippen LogP contribution < -0.4 is 5.32 Å². The Balaban J connectivity index is 1.20. The van der Waals surface area contributed by atoms with E-state index in [9.17, 15) is 19.2 Å². The van der Waals surface area contributed by atoms with Gasteiger partial charge in [0.1, 0.15) is 5.69 Å². The number of carbonyl (C=O) groups is 4. The minimum Gasteiger partial charge on any atom is -0.348 e. The molecule has 1 aromatic carbocycles. The van der Waals surface area contributed by atoms with E-state index in [2.05, 4.69) is 10.3 Å². The Kier molecular flexibility index (Phi) is 6.06. The van der Waals surface area contributed by atoms with Crippen molar-refractivity contribution in [1.29, 1.82) is 0 Å². The number of amides is 4. The molecular formula is C23H24N4O4. The van der Waals surface area contributed by atoms with Crippen LogP contribution in [0.5, 0.6) is 0 Å². The number of piperidine rings is 1. The van der Waals surface area contributed by atoms with Crippen LogP contribution in [0.25, 0.3) is 0 Å². The van der Waals surface area contributed by atoms with E-state index >= 15 is 0 Å². The molecule has 2 aliphatic heterocycles. The quantitative estimate of drug-likeness (QED) is 0.720. The first-order valence-electron chi connectivity index (χ1n) is 10.5. The first-order chi connectivity index (χ1) is 15.0. The smallest absolute Gasteiger partial charge is 0.270 e. The van der Waals surface area contributed by atoms with E-state index in [1.165, 1.54) is 4.90 Å². The number of carbonyl (C=O) groups excluding carboxylic acids is 4. The van der Waals surface area contributed by atoms with Gasteiger partial charge in [0.05, 0.1) is 11.1 Å². The summed E-state index contributed by atoms with van der Waals surface area (Å²) in [5, 5.41) is 2.97. The summed E-state index contributed by atoms with van der Waals surface area (Å²) < 4.78 is 0. The van der Waals surface area contributed by atoms with Gasteiger partial charge in [0.2, 0.25) is 5.91 Å². The van der Waals surface area contributed by atoms with Crippen molar-refractivity contribution in [2.45, 2.75) is 31.7 Å². The van der Waals surface area contributed by atoms with Gasteiger partial charge in [-0.05, 0) is 43.5 Å². The Morgan fingerprint density at radius 2 is 1.61 bits per heavy atom. The fraction of sp³-hybridized carbons (Fsp3) is 0.348. The standard InChI is InChI=1S/C23H24N4O4/c28-20(9-5-13-27-22(30)17-6-1-2-7-18(17)23(27)31)26-14-10-16(11-15-26)25-21(29)19-8-3-4-12-24-19/h1-4,6-8,12,16H,5,9-11,13-15H2,(H,25,29). The molecule has 0 unspecified atom stereocenters. The highest BCUT2D eigenvalue weighted by Gasteiger charge is 2.34. The van der Waals surface area contributed by atoms with E-state index < -0.39 is 0 Å². The number of nitrogens with zero attached hydrogens (tertiary/aromatic N) is 3. The topological polar surface area (TPSA) is 99.7 Å². The number of likely N-dealkylation sites (tertiary alicyclic amines) is 1. The second-order valence-electron chi connectivity index (χ2n) is 7.75. The predicted molar refractivity (Wildman–Crippen MR) is 112 cm³/mol. The van der Waals surface area contributed by atoms with Gasteiger partial charge in [0, 0.05) is 38.3 Å². The number of pyridine rings is 1. The third-order valence-electron chi connectivity index (χ3n) is 5.73. The largest absolute Gasteiger partial charge is 0.348 e. The molecule has 2 aliphatic rings. The molecule has 8 heteroatoms.